The average Bonchev–Trinajstić information content (AvgIpc) is 2.81. The van der Waals surface area contributed by atoms with E-state index >= 15 is 0 Å². The zero-order valence-electron chi connectivity index (χ0n) is 12.3. The molecule has 0 aliphatic heterocycles. The Morgan fingerprint density at radius 3 is 2.71 bits per heavy atom. The summed E-state index contributed by atoms with van der Waals surface area (Å²) in [5, 5.41) is 28.3. The molecular weight excluding hydrogens is 356 g/mol. The highest BCUT2D eigenvalue weighted by molar-refractivity contribution is 7.98. The van der Waals surface area contributed by atoms with E-state index in [1.165, 1.54) is 36.0 Å². The number of aromatic nitrogens is 1. The number of aromatic hydroxyl groups is 2. The zero-order valence-corrected chi connectivity index (χ0v) is 13.9. The van der Waals surface area contributed by atoms with E-state index in [1.54, 1.807) is 18.4 Å². The minimum Gasteiger partial charge on any atom is -0.494 e. The van der Waals surface area contributed by atoms with Gasteiger partial charge in [0.2, 0.25) is 5.88 Å². The quantitative estimate of drug-likeness (QED) is 0.452. The van der Waals surface area contributed by atoms with Crippen LogP contribution in [-0.2, 0) is 14.6 Å². The second-order valence-electron chi connectivity index (χ2n) is 4.25. The van der Waals surface area contributed by atoms with Crippen molar-refractivity contribution in [2.24, 2.45) is 0 Å². The van der Waals surface area contributed by atoms with E-state index < -0.39 is 10.4 Å². The fourth-order valence-corrected chi connectivity index (χ4v) is 2.88. The fraction of sp³-hybridized carbons (Fsp3) is 0.0714. The second-order valence-corrected chi connectivity index (χ2v) is 6.27. The lowest BCUT2D eigenvalue weighted by Crippen LogP contribution is -2.10. The Morgan fingerprint density at radius 2 is 2.08 bits per heavy atom. The smallest absolute Gasteiger partial charge is 0.494 e. The van der Waals surface area contributed by atoms with Crippen LogP contribution < -0.4 is 4.18 Å². The third-order valence-electron chi connectivity index (χ3n) is 2.73. The van der Waals surface area contributed by atoms with Gasteiger partial charge in [-0.1, -0.05) is 6.07 Å². The number of thioether (sulfide) groups is 1. The number of hydrogen-bond acceptors (Lipinski definition) is 8. The van der Waals surface area contributed by atoms with Crippen LogP contribution in [-0.4, -0.2) is 29.5 Å². The molecule has 2 aromatic rings. The van der Waals surface area contributed by atoms with E-state index in [2.05, 4.69) is 4.18 Å². The predicted molar refractivity (Wildman–Crippen MR) is 86.3 cm³/mol. The zero-order chi connectivity index (χ0) is 17.7. The van der Waals surface area contributed by atoms with E-state index in [9.17, 15) is 18.6 Å². The van der Waals surface area contributed by atoms with E-state index in [4.69, 9.17) is 9.44 Å². The molecule has 0 aliphatic rings. The Kier molecular flexibility index (Phi) is 5.28. The van der Waals surface area contributed by atoms with E-state index in [0.717, 1.165) is 10.6 Å². The number of nitriles is 1. The first-order valence-electron chi connectivity index (χ1n) is 6.33. The number of benzene rings is 1. The summed E-state index contributed by atoms with van der Waals surface area (Å²) >= 11 is 1.24. The van der Waals surface area contributed by atoms with E-state index in [-0.39, 0.29) is 23.2 Å². The molecule has 0 amide bonds. The predicted octanol–water partition coefficient (Wildman–Crippen LogP) is 2.29. The monoisotopic (exact) mass is 368 g/mol. The van der Waals surface area contributed by atoms with Crippen LogP contribution in [0.25, 0.3) is 5.69 Å². The van der Waals surface area contributed by atoms with Gasteiger partial charge in [-0.05, 0) is 18.4 Å². The van der Waals surface area contributed by atoms with Crippen LogP contribution in [0.1, 0.15) is 0 Å². The van der Waals surface area contributed by atoms with Gasteiger partial charge in [0.1, 0.15) is 12.0 Å². The molecule has 0 unspecified atom stereocenters. The molecule has 0 fully saturated rings. The molecule has 126 valence electrons. The van der Waals surface area contributed by atoms with Crippen molar-refractivity contribution in [1.82, 2.24) is 4.57 Å². The first-order valence-corrected chi connectivity index (χ1v) is 8.89. The second kappa shape index (κ2) is 7.20. The van der Waals surface area contributed by atoms with Crippen molar-refractivity contribution in [3.63, 3.8) is 0 Å². The van der Waals surface area contributed by atoms with Gasteiger partial charge in [-0.3, -0.25) is 4.57 Å². The van der Waals surface area contributed by atoms with Crippen LogP contribution in [0.2, 0.25) is 0 Å². The van der Waals surface area contributed by atoms with Crippen LogP contribution in [0.15, 0.2) is 47.6 Å². The first-order chi connectivity index (χ1) is 11.4. The van der Waals surface area contributed by atoms with Crippen molar-refractivity contribution >= 4 is 22.2 Å². The molecule has 24 heavy (non-hydrogen) atoms. The van der Waals surface area contributed by atoms with Gasteiger partial charge in [0.25, 0.3) is 0 Å². The lowest BCUT2D eigenvalue weighted by molar-refractivity contribution is 0.362. The Labute approximate surface area is 142 Å². The van der Waals surface area contributed by atoms with E-state index in [1.807, 2.05) is 0 Å². The molecule has 10 heteroatoms. The van der Waals surface area contributed by atoms with E-state index in [0.29, 0.717) is 11.2 Å². The average molecular weight is 368 g/mol. The standard InChI is InChI=1S/C14H12N2O6S2/c1-23-12-9-13(17)16(14(12)18)10-4-2-5-11(8-10)22-24(19,20)21-7-3-6-15/h2-5,7-9,17-18H,1H3. The molecule has 0 atom stereocenters. The van der Waals surface area contributed by atoms with Crippen LogP contribution in [0.5, 0.6) is 17.5 Å². The van der Waals surface area contributed by atoms with Gasteiger partial charge in [-0.15, -0.1) is 20.2 Å². The van der Waals surface area contributed by atoms with Crippen molar-refractivity contribution < 1.29 is 27.0 Å². The van der Waals surface area contributed by atoms with Gasteiger partial charge >= 0.3 is 10.4 Å². The van der Waals surface area contributed by atoms with Crippen molar-refractivity contribution in [3.05, 3.63) is 42.7 Å². The molecule has 0 saturated carbocycles. The molecule has 0 aliphatic carbocycles. The molecule has 8 nitrogen and oxygen atoms in total. The van der Waals surface area contributed by atoms with Crippen LogP contribution in [0.3, 0.4) is 0 Å². The third-order valence-corrected chi connectivity index (χ3v) is 4.22. The van der Waals surface area contributed by atoms with Gasteiger partial charge in [0, 0.05) is 12.1 Å². The molecule has 1 heterocycles. The summed E-state index contributed by atoms with van der Waals surface area (Å²) in [6, 6.07) is 8.60. The van der Waals surface area contributed by atoms with Gasteiger partial charge in [-0.2, -0.15) is 5.26 Å². The minimum absolute atomic E-state index is 0.101. The minimum atomic E-state index is -4.40. The largest absolute Gasteiger partial charge is 0.500 e. The summed E-state index contributed by atoms with van der Waals surface area (Å²) in [6.45, 7) is 0. The lowest BCUT2D eigenvalue weighted by Gasteiger charge is -2.09. The summed E-state index contributed by atoms with van der Waals surface area (Å²) in [7, 11) is -4.40. The number of rotatable bonds is 6. The number of hydrogen-bond donors (Lipinski definition) is 2. The van der Waals surface area contributed by atoms with Crippen LogP contribution in [0, 0.1) is 11.3 Å². The lowest BCUT2D eigenvalue weighted by atomic mass is 10.3. The molecule has 1 aromatic carbocycles. The highest BCUT2D eigenvalue weighted by Crippen LogP contribution is 2.37. The maximum atomic E-state index is 11.6. The summed E-state index contributed by atoms with van der Waals surface area (Å²) in [4.78, 5) is 0.455. The van der Waals surface area contributed by atoms with Crippen molar-refractivity contribution in [1.29, 1.82) is 5.26 Å². The van der Waals surface area contributed by atoms with Crippen LogP contribution in [0.4, 0.5) is 0 Å². The van der Waals surface area contributed by atoms with Gasteiger partial charge in [0.05, 0.1) is 22.7 Å². The van der Waals surface area contributed by atoms with Gasteiger partial charge in [0.15, 0.2) is 5.88 Å². The molecule has 2 N–H and O–H groups in total. The Hall–Kier alpha value is -2.77. The molecular formula is C14H12N2O6S2. The maximum Gasteiger partial charge on any atom is 0.500 e. The fourth-order valence-electron chi connectivity index (χ4n) is 1.81. The Bertz CT molecular complexity index is 912. The molecule has 0 radical (unpaired) electrons. The maximum absolute atomic E-state index is 11.6. The van der Waals surface area contributed by atoms with Crippen LogP contribution >= 0.6 is 11.8 Å². The Morgan fingerprint density at radius 1 is 1.33 bits per heavy atom. The third kappa shape index (κ3) is 3.95. The molecule has 2 rings (SSSR count). The highest BCUT2D eigenvalue weighted by Gasteiger charge is 2.17. The highest BCUT2D eigenvalue weighted by atomic mass is 32.3. The van der Waals surface area contributed by atoms with Crippen molar-refractivity contribution in [2.45, 2.75) is 4.90 Å². The van der Waals surface area contributed by atoms with Crippen molar-refractivity contribution in [3.8, 4) is 29.3 Å². The normalized spacial score (nSPS) is 11.3. The van der Waals surface area contributed by atoms with Crippen molar-refractivity contribution in [2.75, 3.05) is 6.26 Å². The number of allylic oxidation sites excluding steroid dienone is 1. The van der Waals surface area contributed by atoms with Gasteiger partial charge < -0.3 is 18.6 Å². The molecule has 1 aromatic heterocycles. The topological polar surface area (TPSA) is 122 Å². The summed E-state index contributed by atoms with van der Waals surface area (Å²) in [6.07, 6.45) is 3.24. The summed E-state index contributed by atoms with van der Waals surface area (Å²) in [5.74, 6) is -0.505. The molecule has 0 spiro atoms. The molecule has 0 saturated heterocycles. The Balaban J connectivity index is 2.32. The summed E-state index contributed by atoms with van der Waals surface area (Å²) in [5.41, 5.74) is 0.283. The van der Waals surface area contributed by atoms with Gasteiger partial charge in [-0.25, -0.2) is 0 Å². The first kappa shape index (κ1) is 17.6. The molecule has 0 bridgehead atoms. The SMILES string of the molecule is CSc1cc(O)n(-c2cccc(OS(=O)(=O)OC=CC#N)c2)c1O. The number of nitrogens with zero attached hydrogens (tertiary/aromatic N) is 2. The summed E-state index contributed by atoms with van der Waals surface area (Å²) < 4.78 is 33.4.